The van der Waals surface area contributed by atoms with Crippen molar-refractivity contribution in [1.82, 2.24) is 30.6 Å². The Labute approximate surface area is 169 Å². The molecule has 0 spiro atoms. The molecule has 1 unspecified atom stereocenters. The van der Waals surface area contributed by atoms with E-state index in [1.54, 1.807) is 0 Å². The van der Waals surface area contributed by atoms with E-state index >= 15 is 0 Å². The van der Waals surface area contributed by atoms with Crippen LogP contribution in [0.3, 0.4) is 0 Å². The molecular formula is C21H24N6O2. The maximum absolute atomic E-state index is 6.36. The van der Waals surface area contributed by atoms with Crippen LogP contribution in [0.15, 0.2) is 18.3 Å². The Kier molecular flexibility index (Phi) is 4.93. The Bertz CT molecular complexity index is 999. The summed E-state index contributed by atoms with van der Waals surface area (Å²) in [5.41, 5.74) is 6.39. The molecule has 29 heavy (non-hydrogen) atoms. The van der Waals surface area contributed by atoms with Crippen molar-refractivity contribution < 1.29 is 9.47 Å². The standard InChI is InChI=1S/C21H24N6O2/c1-13-11-14(7-9-22-13)18-16-5-3-2-4-6-17(16)23-21(29-15-8-10-28-12-15)19(18)20-24-26-27-25-20/h7,9,11,15H,2-6,8,10,12H2,1H3,(H,24,25,26,27). The molecule has 0 saturated carbocycles. The summed E-state index contributed by atoms with van der Waals surface area (Å²) in [6, 6.07) is 4.15. The fraction of sp³-hybridized carbons (Fsp3) is 0.476. The third kappa shape index (κ3) is 3.60. The molecule has 1 atom stereocenters. The normalized spacial score (nSPS) is 19.0. The summed E-state index contributed by atoms with van der Waals surface area (Å²) >= 11 is 0. The van der Waals surface area contributed by atoms with Crippen LogP contribution in [0.4, 0.5) is 0 Å². The fourth-order valence-electron chi connectivity index (χ4n) is 4.25. The van der Waals surface area contributed by atoms with Gasteiger partial charge in [-0.3, -0.25) is 4.98 Å². The zero-order valence-electron chi connectivity index (χ0n) is 16.5. The predicted molar refractivity (Wildman–Crippen MR) is 106 cm³/mol. The maximum Gasteiger partial charge on any atom is 0.225 e. The SMILES string of the molecule is Cc1cc(-c2c3c(nc(OC4CCOC4)c2-c2nnn[nH]2)CCCCC3)ccn1. The van der Waals surface area contributed by atoms with Crippen LogP contribution in [0.25, 0.3) is 22.5 Å². The zero-order valence-corrected chi connectivity index (χ0v) is 16.5. The van der Waals surface area contributed by atoms with Crippen LogP contribution in [0, 0.1) is 6.92 Å². The second-order valence-electron chi connectivity index (χ2n) is 7.69. The van der Waals surface area contributed by atoms with Gasteiger partial charge in [0.15, 0.2) is 5.82 Å². The molecule has 5 rings (SSSR count). The lowest BCUT2D eigenvalue weighted by atomic mass is 9.91. The number of hydrogen-bond donors (Lipinski definition) is 1. The van der Waals surface area contributed by atoms with Gasteiger partial charge in [0.25, 0.3) is 0 Å². The van der Waals surface area contributed by atoms with Crippen molar-refractivity contribution in [2.45, 2.75) is 51.6 Å². The van der Waals surface area contributed by atoms with Gasteiger partial charge in [-0.05, 0) is 66.3 Å². The van der Waals surface area contributed by atoms with Gasteiger partial charge >= 0.3 is 0 Å². The Morgan fingerprint density at radius 1 is 1.17 bits per heavy atom. The Balaban J connectivity index is 1.76. The Hall–Kier alpha value is -2.87. The molecule has 0 bridgehead atoms. The first-order valence-electron chi connectivity index (χ1n) is 10.3. The second-order valence-corrected chi connectivity index (χ2v) is 7.69. The summed E-state index contributed by atoms with van der Waals surface area (Å²) in [5.74, 6) is 1.16. The van der Waals surface area contributed by atoms with E-state index in [9.17, 15) is 0 Å². The smallest absolute Gasteiger partial charge is 0.225 e. The molecule has 2 aliphatic rings. The van der Waals surface area contributed by atoms with Gasteiger partial charge in [0, 0.05) is 29.6 Å². The van der Waals surface area contributed by atoms with Crippen molar-refractivity contribution in [3.8, 4) is 28.4 Å². The molecule has 150 valence electrons. The lowest BCUT2D eigenvalue weighted by Crippen LogP contribution is -2.18. The number of rotatable bonds is 4. The van der Waals surface area contributed by atoms with Crippen molar-refractivity contribution in [1.29, 1.82) is 0 Å². The van der Waals surface area contributed by atoms with Gasteiger partial charge in [0.1, 0.15) is 6.10 Å². The molecule has 1 N–H and O–H groups in total. The lowest BCUT2D eigenvalue weighted by molar-refractivity contribution is 0.138. The molecule has 1 aliphatic carbocycles. The van der Waals surface area contributed by atoms with Crippen molar-refractivity contribution in [3.05, 3.63) is 35.3 Å². The molecule has 8 heteroatoms. The molecule has 1 saturated heterocycles. The van der Waals surface area contributed by atoms with Crippen LogP contribution in [0.5, 0.6) is 5.88 Å². The second kappa shape index (κ2) is 7.87. The Morgan fingerprint density at radius 3 is 2.90 bits per heavy atom. The van der Waals surface area contributed by atoms with Gasteiger partial charge in [-0.15, -0.1) is 5.10 Å². The highest BCUT2D eigenvalue weighted by Gasteiger charge is 2.28. The van der Waals surface area contributed by atoms with Crippen molar-refractivity contribution in [3.63, 3.8) is 0 Å². The summed E-state index contributed by atoms with van der Waals surface area (Å²) < 4.78 is 11.9. The minimum Gasteiger partial charge on any atom is -0.471 e. The van der Waals surface area contributed by atoms with Crippen molar-refractivity contribution in [2.24, 2.45) is 0 Å². The van der Waals surface area contributed by atoms with E-state index in [1.165, 1.54) is 12.0 Å². The van der Waals surface area contributed by atoms with Crippen LogP contribution in [0.2, 0.25) is 0 Å². The third-order valence-electron chi connectivity index (χ3n) is 5.62. The van der Waals surface area contributed by atoms with Crippen LogP contribution in [0.1, 0.15) is 42.6 Å². The van der Waals surface area contributed by atoms with Gasteiger partial charge in [0.2, 0.25) is 5.88 Å². The van der Waals surface area contributed by atoms with E-state index < -0.39 is 0 Å². The molecule has 0 radical (unpaired) electrons. The van der Waals surface area contributed by atoms with Crippen molar-refractivity contribution >= 4 is 0 Å². The van der Waals surface area contributed by atoms with Crippen LogP contribution < -0.4 is 4.74 Å². The largest absolute Gasteiger partial charge is 0.471 e. The first kappa shape index (κ1) is 18.2. The van der Waals surface area contributed by atoms with Gasteiger partial charge in [-0.1, -0.05) is 6.42 Å². The molecule has 1 fully saturated rings. The molecule has 3 aromatic rings. The average Bonchev–Trinajstić information content (AvgIpc) is 3.38. The highest BCUT2D eigenvalue weighted by Crippen LogP contribution is 2.42. The fourth-order valence-corrected chi connectivity index (χ4v) is 4.25. The number of hydrogen-bond acceptors (Lipinski definition) is 7. The molecule has 4 heterocycles. The van der Waals surface area contributed by atoms with E-state index in [-0.39, 0.29) is 6.10 Å². The van der Waals surface area contributed by atoms with E-state index in [4.69, 9.17) is 14.5 Å². The highest BCUT2D eigenvalue weighted by atomic mass is 16.5. The molecule has 0 aromatic carbocycles. The number of tetrazole rings is 1. The number of nitrogens with one attached hydrogen (secondary N) is 1. The minimum absolute atomic E-state index is 0.00650. The quantitative estimate of drug-likeness (QED) is 0.681. The number of nitrogens with zero attached hydrogens (tertiary/aromatic N) is 5. The number of H-pyrrole nitrogens is 1. The molecule has 0 amide bonds. The van der Waals surface area contributed by atoms with Crippen LogP contribution in [-0.4, -0.2) is 49.9 Å². The number of fused-ring (bicyclic) bond motifs is 1. The summed E-state index contributed by atoms with van der Waals surface area (Å²) in [7, 11) is 0. The van der Waals surface area contributed by atoms with Crippen LogP contribution >= 0.6 is 0 Å². The zero-order chi connectivity index (χ0) is 19.6. The van der Waals surface area contributed by atoms with Crippen molar-refractivity contribution in [2.75, 3.05) is 13.2 Å². The van der Waals surface area contributed by atoms with E-state index in [0.717, 1.165) is 60.2 Å². The topological polar surface area (TPSA) is 98.7 Å². The lowest BCUT2D eigenvalue weighted by Gasteiger charge is -2.21. The highest BCUT2D eigenvalue weighted by molar-refractivity contribution is 5.86. The van der Waals surface area contributed by atoms with Gasteiger partial charge in [0.05, 0.1) is 18.8 Å². The van der Waals surface area contributed by atoms with Gasteiger partial charge in [-0.2, -0.15) is 0 Å². The third-order valence-corrected chi connectivity index (χ3v) is 5.62. The first-order chi connectivity index (χ1) is 14.3. The minimum atomic E-state index is -0.00650. The summed E-state index contributed by atoms with van der Waals surface area (Å²) in [4.78, 5) is 9.37. The molecular weight excluding hydrogens is 368 g/mol. The molecule has 8 nitrogen and oxygen atoms in total. The number of ether oxygens (including phenoxy) is 2. The van der Waals surface area contributed by atoms with Gasteiger partial charge in [-0.25, -0.2) is 10.1 Å². The summed E-state index contributed by atoms with van der Waals surface area (Å²) in [6.45, 7) is 3.30. The summed E-state index contributed by atoms with van der Waals surface area (Å²) in [5, 5.41) is 14.8. The van der Waals surface area contributed by atoms with Crippen LogP contribution in [-0.2, 0) is 17.6 Å². The van der Waals surface area contributed by atoms with Gasteiger partial charge < -0.3 is 9.47 Å². The number of aromatic amines is 1. The number of aromatic nitrogens is 6. The predicted octanol–water partition coefficient (Wildman–Crippen LogP) is 3.07. The maximum atomic E-state index is 6.36. The Morgan fingerprint density at radius 2 is 2.10 bits per heavy atom. The molecule has 3 aromatic heterocycles. The van der Waals surface area contributed by atoms with E-state index in [1.807, 2.05) is 19.2 Å². The monoisotopic (exact) mass is 392 g/mol. The van der Waals surface area contributed by atoms with E-state index in [0.29, 0.717) is 24.9 Å². The first-order valence-corrected chi connectivity index (χ1v) is 10.3. The van der Waals surface area contributed by atoms with E-state index in [2.05, 4.69) is 31.7 Å². The number of aryl methyl sites for hydroxylation is 2. The number of pyridine rings is 2. The molecule has 1 aliphatic heterocycles. The average molecular weight is 392 g/mol. The summed E-state index contributed by atoms with van der Waals surface area (Å²) in [6.07, 6.45) is 8.14.